The van der Waals surface area contributed by atoms with Crippen LogP contribution in [-0.2, 0) is 4.74 Å². The second-order valence-corrected chi connectivity index (χ2v) is 4.71. The quantitative estimate of drug-likeness (QED) is 0.768. The van der Waals surface area contributed by atoms with E-state index in [4.69, 9.17) is 4.74 Å². The molecule has 1 aliphatic heterocycles. The minimum Gasteiger partial charge on any atom is -0.471 e. The van der Waals surface area contributed by atoms with Crippen LogP contribution in [0.5, 0.6) is 0 Å². The number of nitrogens with zero attached hydrogens (tertiary/aromatic N) is 1. The van der Waals surface area contributed by atoms with Gasteiger partial charge in [-0.2, -0.15) is 0 Å². The van der Waals surface area contributed by atoms with Crippen molar-refractivity contribution in [2.24, 2.45) is 4.99 Å². The van der Waals surface area contributed by atoms with Gasteiger partial charge in [-0.05, 0) is 40.3 Å². The van der Waals surface area contributed by atoms with Crippen molar-refractivity contribution in [3.05, 3.63) is 33.4 Å². The zero-order valence-corrected chi connectivity index (χ0v) is 10.4. The number of halogens is 2. The van der Waals surface area contributed by atoms with Crippen molar-refractivity contribution in [2.45, 2.75) is 19.1 Å². The molecule has 0 unspecified atom stereocenters. The summed E-state index contributed by atoms with van der Waals surface area (Å²) in [5.74, 6) is 0.571. The first-order valence-corrected chi connectivity index (χ1v) is 5.81. The Morgan fingerprint density at radius 3 is 2.67 bits per heavy atom. The molecule has 1 aromatic carbocycles. The molecule has 1 heterocycles. The molecule has 4 heteroatoms. The van der Waals surface area contributed by atoms with Gasteiger partial charge in [0.2, 0.25) is 0 Å². The molecule has 0 bridgehead atoms. The predicted molar refractivity (Wildman–Crippen MR) is 65.9 cm³/mol. The molecule has 2 rings (SSSR count). The van der Waals surface area contributed by atoms with Gasteiger partial charge in [0.05, 0.1) is 0 Å². The molecule has 0 saturated heterocycles. The van der Waals surface area contributed by atoms with Crippen LogP contribution in [0, 0.1) is 3.57 Å². The molecule has 1 aliphatic rings. The predicted octanol–water partition coefficient (Wildman–Crippen LogP) is 3.12. The van der Waals surface area contributed by atoms with Gasteiger partial charge in [0.15, 0.2) is 12.0 Å². The molecule has 0 radical (unpaired) electrons. The molecule has 0 amide bonds. The van der Waals surface area contributed by atoms with E-state index in [1.807, 2.05) is 24.3 Å². The lowest BCUT2D eigenvalue weighted by Gasteiger charge is -2.15. The molecular formula is C11H11FINO. The lowest BCUT2D eigenvalue weighted by Crippen LogP contribution is -2.15. The van der Waals surface area contributed by atoms with Gasteiger partial charge in [-0.15, -0.1) is 0 Å². The Balaban J connectivity index is 2.21. The highest BCUT2D eigenvalue weighted by atomic mass is 127. The summed E-state index contributed by atoms with van der Waals surface area (Å²) in [6, 6.07) is 7.52. The van der Waals surface area contributed by atoms with Crippen LogP contribution in [0.25, 0.3) is 0 Å². The average molecular weight is 319 g/mol. The highest BCUT2D eigenvalue weighted by Crippen LogP contribution is 2.29. The Morgan fingerprint density at radius 1 is 1.40 bits per heavy atom. The van der Waals surface area contributed by atoms with Gasteiger partial charge in [0, 0.05) is 10.5 Å². The first-order chi connectivity index (χ1) is 7.20. The normalized spacial score (nSPS) is 24.9. The Kier molecular flexibility index (Phi) is 3.23. The number of aliphatic imine (C=N–C) groups is 1. The molecule has 2 nitrogen and oxygen atoms in total. The van der Waals surface area contributed by atoms with E-state index in [2.05, 4.69) is 27.6 Å². The Hall–Kier alpha value is -0.650. The van der Waals surface area contributed by atoms with Crippen molar-refractivity contribution in [1.29, 1.82) is 0 Å². The van der Waals surface area contributed by atoms with Crippen molar-refractivity contribution in [3.8, 4) is 0 Å². The fourth-order valence-corrected chi connectivity index (χ4v) is 2.01. The summed E-state index contributed by atoms with van der Waals surface area (Å²) in [7, 11) is 0. The summed E-state index contributed by atoms with van der Waals surface area (Å²) < 4.78 is 19.4. The van der Waals surface area contributed by atoms with E-state index in [9.17, 15) is 4.39 Å². The highest BCUT2D eigenvalue weighted by molar-refractivity contribution is 14.1. The third-order valence-electron chi connectivity index (χ3n) is 2.35. The summed E-state index contributed by atoms with van der Waals surface area (Å²) in [4.78, 5) is 4.10. The standard InChI is InChI=1S/C11H11FINO/c1-7-14-10(6-12)11(15-7)8-2-4-9(13)5-3-8/h2-5,10-11H,6H2,1H3/t10-,11-/m1/s1. The van der Waals surface area contributed by atoms with Crippen LogP contribution < -0.4 is 0 Å². The molecule has 15 heavy (non-hydrogen) atoms. The van der Waals surface area contributed by atoms with E-state index < -0.39 is 6.67 Å². The smallest absolute Gasteiger partial charge is 0.181 e. The third-order valence-corrected chi connectivity index (χ3v) is 3.07. The molecule has 1 aromatic rings. The van der Waals surface area contributed by atoms with Crippen LogP contribution in [0.3, 0.4) is 0 Å². The Labute approximate surface area is 102 Å². The number of alkyl halides is 1. The first kappa shape index (κ1) is 10.9. The zero-order valence-electron chi connectivity index (χ0n) is 8.28. The first-order valence-electron chi connectivity index (χ1n) is 4.73. The molecule has 0 spiro atoms. The maximum Gasteiger partial charge on any atom is 0.181 e. The zero-order chi connectivity index (χ0) is 10.8. The van der Waals surface area contributed by atoms with Crippen molar-refractivity contribution < 1.29 is 9.13 Å². The van der Waals surface area contributed by atoms with Crippen LogP contribution in [0.15, 0.2) is 29.3 Å². The third kappa shape index (κ3) is 2.30. The Bertz CT molecular complexity index is 377. The van der Waals surface area contributed by atoms with Gasteiger partial charge in [-0.1, -0.05) is 12.1 Å². The fraction of sp³-hybridized carbons (Fsp3) is 0.364. The number of hydrogen-bond acceptors (Lipinski definition) is 2. The van der Waals surface area contributed by atoms with Crippen molar-refractivity contribution in [2.75, 3.05) is 6.67 Å². The highest BCUT2D eigenvalue weighted by Gasteiger charge is 2.30. The molecule has 0 N–H and O–H groups in total. The second-order valence-electron chi connectivity index (χ2n) is 3.46. The van der Waals surface area contributed by atoms with Gasteiger partial charge in [-0.25, -0.2) is 9.38 Å². The minimum atomic E-state index is -0.478. The summed E-state index contributed by atoms with van der Waals surface area (Å²) in [6.45, 7) is 1.28. The van der Waals surface area contributed by atoms with Gasteiger partial charge < -0.3 is 4.74 Å². The van der Waals surface area contributed by atoms with E-state index in [0.717, 1.165) is 9.13 Å². The number of benzene rings is 1. The summed E-state index contributed by atoms with van der Waals surface area (Å²) in [5, 5.41) is 0. The molecular weight excluding hydrogens is 308 g/mol. The van der Waals surface area contributed by atoms with E-state index in [1.165, 1.54) is 0 Å². The monoisotopic (exact) mass is 319 g/mol. The van der Waals surface area contributed by atoms with Crippen LogP contribution in [0.1, 0.15) is 18.6 Å². The van der Waals surface area contributed by atoms with E-state index in [1.54, 1.807) is 6.92 Å². The lowest BCUT2D eigenvalue weighted by atomic mass is 10.0. The second kappa shape index (κ2) is 4.47. The largest absolute Gasteiger partial charge is 0.471 e. The summed E-state index contributed by atoms with van der Waals surface area (Å²) in [5.41, 5.74) is 0.985. The van der Waals surface area contributed by atoms with Gasteiger partial charge >= 0.3 is 0 Å². The maximum absolute atomic E-state index is 12.7. The van der Waals surface area contributed by atoms with E-state index in [0.29, 0.717) is 5.90 Å². The van der Waals surface area contributed by atoms with Crippen molar-refractivity contribution >= 4 is 28.5 Å². The van der Waals surface area contributed by atoms with E-state index in [-0.39, 0.29) is 12.1 Å². The molecule has 2 atom stereocenters. The van der Waals surface area contributed by atoms with Crippen molar-refractivity contribution in [1.82, 2.24) is 0 Å². The average Bonchev–Trinajstić information content (AvgIpc) is 2.61. The molecule has 0 aliphatic carbocycles. The SMILES string of the molecule is CC1=N[C@H](CF)[C@@H](c2ccc(I)cc2)O1. The number of rotatable bonds is 2. The van der Waals surface area contributed by atoms with Crippen LogP contribution >= 0.6 is 22.6 Å². The van der Waals surface area contributed by atoms with Crippen LogP contribution in [0.4, 0.5) is 4.39 Å². The molecule has 0 aromatic heterocycles. The van der Waals surface area contributed by atoms with E-state index >= 15 is 0 Å². The summed E-state index contributed by atoms with van der Waals surface area (Å²) in [6.07, 6.45) is -0.257. The Morgan fingerprint density at radius 2 is 2.07 bits per heavy atom. The maximum atomic E-state index is 12.7. The van der Waals surface area contributed by atoms with Crippen molar-refractivity contribution in [3.63, 3.8) is 0 Å². The topological polar surface area (TPSA) is 21.6 Å². The van der Waals surface area contributed by atoms with Crippen LogP contribution in [0.2, 0.25) is 0 Å². The number of ether oxygens (including phenoxy) is 1. The molecule has 0 saturated carbocycles. The summed E-state index contributed by atoms with van der Waals surface area (Å²) >= 11 is 2.23. The van der Waals surface area contributed by atoms with Crippen LogP contribution in [-0.4, -0.2) is 18.6 Å². The molecule has 80 valence electrons. The molecule has 0 fully saturated rings. The minimum absolute atomic E-state index is 0.257. The lowest BCUT2D eigenvalue weighted by molar-refractivity contribution is 0.179. The number of hydrogen-bond donors (Lipinski definition) is 0. The van der Waals surface area contributed by atoms with Gasteiger partial charge in [0.1, 0.15) is 12.7 Å². The fourth-order valence-electron chi connectivity index (χ4n) is 1.65. The van der Waals surface area contributed by atoms with Gasteiger partial charge in [-0.3, -0.25) is 0 Å². The van der Waals surface area contributed by atoms with Gasteiger partial charge in [0.25, 0.3) is 0 Å².